The summed E-state index contributed by atoms with van der Waals surface area (Å²) >= 11 is 1.71. The van der Waals surface area contributed by atoms with Gasteiger partial charge in [-0.25, -0.2) is 4.98 Å². The third-order valence-corrected chi connectivity index (χ3v) is 6.13. The van der Waals surface area contributed by atoms with E-state index in [1.165, 1.54) is 24.0 Å². The van der Waals surface area contributed by atoms with E-state index in [1.54, 1.807) is 11.3 Å². The zero-order valence-corrected chi connectivity index (χ0v) is 15.7. The average molecular weight is 346 g/mol. The van der Waals surface area contributed by atoms with Gasteiger partial charge in [-0.1, -0.05) is 31.9 Å². The Kier molecular flexibility index (Phi) is 5.51. The van der Waals surface area contributed by atoms with Crippen LogP contribution in [0.15, 0.2) is 24.3 Å². The zero-order valence-electron chi connectivity index (χ0n) is 14.9. The lowest BCUT2D eigenvalue weighted by Crippen LogP contribution is -2.46. The molecule has 1 saturated carbocycles. The largest absolute Gasteiger partial charge is 0.341 e. The Morgan fingerprint density at radius 1 is 1.25 bits per heavy atom. The molecule has 0 unspecified atom stereocenters. The fraction of sp³-hybridized carbons (Fsp3) is 0.579. The fourth-order valence-corrected chi connectivity index (χ4v) is 4.72. The van der Waals surface area contributed by atoms with Crippen molar-refractivity contribution in [3.05, 3.63) is 29.3 Å². The number of nitrogens with zero attached hydrogens (tertiary/aromatic N) is 3. The molecule has 2 aromatic rings. The van der Waals surface area contributed by atoms with Crippen LogP contribution in [0.2, 0.25) is 0 Å². The normalized spacial score (nSPS) is 21.3. The Morgan fingerprint density at radius 2 is 2.00 bits per heavy atom. The summed E-state index contributed by atoms with van der Waals surface area (Å²) in [6.07, 6.45) is 4.93. The standard InChI is InChI=1S/C19H27N3OS/c1-14-8-4-6-10-16(14)22(3)19(23)13-21(2)12-18-20-15-9-5-7-11-17(15)24-18/h5,7,9,11,14,16H,4,6,8,10,12-13H2,1-3H3/t14-,16+/m0/s1. The van der Waals surface area contributed by atoms with Crippen LogP contribution < -0.4 is 0 Å². The Balaban J connectivity index is 1.57. The van der Waals surface area contributed by atoms with Gasteiger partial charge in [0.2, 0.25) is 5.91 Å². The third kappa shape index (κ3) is 3.95. The first kappa shape index (κ1) is 17.4. The van der Waals surface area contributed by atoms with Gasteiger partial charge in [0.05, 0.1) is 23.3 Å². The summed E-state index contributed by atoms with van der Waals surface area (Å²) < 4.78 is 1.21. The molecule has 1 aromatic carbocycles. The number of aromatic nitrogens is 1. The molecule has 2 atom stereocenters. The Morgan fingerprint density at radius 3 is 2.75 bits per heavy atom. The summed E-state index contributed by atoms with van der Waals surface area (Å²) in [6, 6.07) is 8.60. The van der Waals surface area contributed by atoms with Crippen LogP contribution in [0.5, 0.6) is 0 Å². The summed E-state index contributed by atoms with van der Waals surface area (Å²) in [5.74, 6) is 0.833. The first-order valence-electron chi connectivity index (χ1n) is 8.83. The molecule has 24 heavy (non-hydrogen) atoms. The minimum Gasteiger partial charge on any atom is -0.341 e. The molecular formula is C19H27N3OS. The first-order chi connectivity index (χ1) is 11.5. The van der Waals surface area contributed by atoms with Crippen LogP contribution in [0, 0.1) is 5.92 Å². The number of rotatable bonds is 5. The lowest BCUT2D eigenvalue weighted by Gasteiger charge is -2.37. The van der Waals surface area contributed by atoms with Crippen molar-refractivity contribution in [1.82, 2.24) is 14.8 Å². The van der Waals surface area contributed by atoms with E-state index in [1.807, 2.05) is 37.2 Å². The van der Waals surface area contributed by atoms with Gasteiger partial charge in [-0.15, -0.1) is 11.3 Å². The summed E-state index contributed by atoms with van der Waals surface area (Å²) in [5.41, 5.74) is 1.05. The van der Waals surface area contributed by atoms with Gasteiger partial charge in [-0.05, 0) is 37.9 Å². The van der Waals surface area contributed by atoms with E-state index in [9.17, 15) is 4.79 Å². The van der Waals surface area contributed by atoms with Crippen molar-refractivity contribution >= 4 is 27.5 Å². The van der Waals surface area contributed by atoms with E-state index in [2.05, 4.69) is 22.9 Å². The number of likely N-dealkylation sites (N-methyl/N-ethyl adjacent to an activating group) is 2. The summed E-state index contributed by atoms with van der Waals surface area (Å²) in [5, 5.41) is 1.07. The molecule has 130 valence electrons. The number of hydrogen-bond donors (Lipinski definition) is 0. The molecule has 1 aliphatic rings. The highest BCUT2D eigenvalue weighted by atomic mass is 32.1. The van der Waals surface area contributed by atoms with Crippen molar-refractivity contribution in [2.75, 3.05) is 20.6 Å². The van der Waals surface area contributed by atoms with Crippen LogP contribution >= 0.6 is 11.3 Å². The molecule has 1 aromatic heterocycles. The summed E-state index contributed by atoms with van der Waals surface area (Å²) in [6.45, 7) is 3.45. The number of fused-ring (bicyclic) bond motifs is 1. The van der Waals surface area contributed by atoms with Crippen molar-refractivity contribution in [3.8, 4) is 0 Å². The smallest absolute Gasteiger partial charge is 0.236 e. The van der Waals surface area contributed by atoms with Crippen LogP contribution in [0.1, 0.15) is 37.6 Å². The lowest BCUT2D eigenvalue weighted by atomic mass is 9.85. The number of amides is 1. The molecule has 4 nitrogen and oxygen atoms in total. The molecule has 1 aliphatic carbocycles. The van der Waals surface area contributed by atoms with Crippen molar-refractivity contribution in [3.63, 3.8) is 0 Å². The zero-order chi connectivity index (χ0) is 17.1. The molecule has 3 rings (SSSR count). The van der Waals surface area contributed by atoms with E-state index >= 15 is 0 Å². The average Bonchev–Trinajstić information content (AvgIpc) is 2.96. The number of thiazole rings is 1. The van der Waals surface area contributed by atoms with Crippen molar-refractivity contribution in [2.24, 2.45) is 5.92 Å². The molecule has 0 saturated heterocycles. The maximum Gasteiger partial charge on any atom is 0.236 e. The molecule has 0 aliphatic heterocycles. The molecule has 1 amide bonds. The molecule has 1 fully saturated rings. The number of carbonyl (C=O) groups excluding carboxylic acids is 1. The number of para-hydroxylation sites is 1. The second-order valence-corrected chi connectivity index (χ2v) is 8.20. The van der Waals surface area contributed by atoms with Gasteiger partial charge in [0.1, 0.15) is 5.01 Å². The van der Waals surface area contributed by atoms with Crippen LogP contribution in [-0.2, 0) is 11.3 Å². The van der Waals surface area contributed by atoms with E-state index in [-0.39, 0.29) is 5.91 Å². The molecule has 0 radical (unpaired) electrons. The minimum atomic E-state index is 0.220. The topological polar surface area (TPSA) is 36.4 Å². The highest BCUT2D eigenvalue weighted by Crippen LogP contribution is 2.27. The summed E-state index contributed by atoms with van der Waals surface area (Å²) in [7, 11) is 3.97. The van der Waals surface area contributed by atoms with E-state index in [0.29, 0.717) is 18.5 Å². The quantitative estimate of drug-likeness (QED) is 0.828. The van der Waals surface area contributed by atoms with Gasteiger partial charge in [0.15, 0.2) is 0 Å². The van der Waals surface area contributed by atoms with Crippen molar-refractivity contribution in [1.29, 1.82) is 0 Å². The number of benzene rings is 1. The molecule has 0 spiro atoms. The second kappa shape index (κ2) is 7.62. The molecule has 5 heteroatoms. The van der Waals surface area contributed by atoms with Gasteiger partial charge in [-0.3, -0.25) is 9.69 Å². The maximum atomic E-state index is 12.6. The third-order valence-electron chi connectivity index (χ3n) is 5.11. The predicted molar refractivity (Wildman–Crippen MR) is 100 cm³/mol. The van der Waals surface area contributed by atoms with Gasteiger partial charge in [0, 0.05) is 13.1 Å². The lowest BCUT2D eigenvalue weighted by molar-refractivity contribution is -0.134. The van der Waals surface area contributed by atoms with E-state index in [0.717, 1.165) is 23.5 Å². The van der Waals surface area contributed by atoms with Crippen LogP contribution in [0.25, 0.3) is 10.2 Å². The second-order valence-electron chi connectivity index (χ2n) is 7.08. The van der Waals surface area contributed by atoms with Gasteiger partial charge >= 0.3 is 0 Å². The fourth-order valence-electron chi connectivity index (χ4n) is 3.67. The summed E-state index contributed by atoms with van der Waals surface area (Å²) in [4.78, 5) is 21.3. The van der Waals surface area contributed by atoms with E-state index < -0.39 is 0 Å². The monoisotopic (exact) mass is 345 g/mol. The van der Waals surface area contributed by atoms with Gasteiger partial charge in [-0.2, -0.15) is 0 Å². The molecular weight excluding hydrogens is 318 g/mol. The van der Waals surface area contributed by atoms with Crippen LogP contribution in [0.3, 0.4) is 0 Å². The predicted octanol–water partition coefficient (Wildman–Crippen LogP) is 3.77. The Labute approximate surface area is 148 Å². The number of carbonyl (C=O) groups is 1. The van der Waals surface area contributed by atoms with Crippen molar-refractivity contribution in [2.45, 2.75) is 45.2 Å². The number of hydrogen-bond acceptors (Lipinski definition) is 4. The first-order valence-corrected chi connectivity index (χ1v) is 9.65. The maximum absolute atomic E-state index is 12.6. The van der Waals surface area contributed by atoms with E-state index in [4.69, 9.17) is 0 Å². The highest BCUT2D eigenvalue weighted by molar-refractivity contribution is 7.18. The SMILES string of the molecule is C[C@H]1CCCC[C@H]1N(C)C(=O)CN(C)Cc1nc2ccccc2s1. The Hall–Kier alpha value is -1.46. The Bertz CT molecular complexity index is 666. The molecule has 0 bridgehead atoms. The van der Waals surface area contributed by atoms with Crippen LogP contribution in [-0.4, -0.2) is 47.4 Å². The van der Waals surface area contributed by atoms with Crippen LogP contribution in [0.4, 0.5) is 0 Å². The highest BCUT2D eigenvalue weighted by Gasteiger charge is 2.28. The van der Waals surface area contributed by atoms with Crippen molar-refractivity contribution < 1.29 is 4.79 Å². The molecule has 1 heterocycles. The minimum absolute atomic E-state index is 0.220. The van der Waals surface area contributed by atoms with Gasteiger partial charge < -0.3 is 4.90 Å². The molecule has 0 N–H and O–H groups in total. The van der Waals surface area contributed by atoms with Gasteiger partial charge in [0.25, 0.3) is 0 Å².